The first kappa shape index (κ1) is 18.2. The number of benzene rings is 1. The lowest BCUT2D eigenvalue weighted by Crippen LogP contribution is -2.44. The summed E-state index contributed by atoms with van der Waals surface area (Å²) in [6, 6.07) is 5.29. The van der Waals surface area contributed by atoms with Gasteiger partial charge in [0.2, 0.25) is 5.91 Å². The number of rotatable bonds is 6. The van der Waals surface area contributed by atoms with E-state index in [0.717, 1.165) is 0 Å². The summed E-state index contributed by atoms with van der Waals surface area (Å²) >= 11 is 0. The van der Waals surface area contributed by atoms with Gasteiger partial charge in [-0.15, -0.1) is 0 Å². The second kappa shape index (κ2) is 7.65. The number of hydrogen-bond donors (Lipinski definition) is 4. The molecule has 1 aliphatic rings. The zero-order valence-corrected chi connectivity index (χ0v) is 13.8. The summed E-state index contributed by atoms with van der Waals surface area (Å²) in [7, 11) is 0. The fraction of sp³-hybridized carbons (Fsp3) is 0.375. The van der Waals surface area contributed by atoms with Gasteiger partial charge >= 0.3 is 5.97 Å². The van der Waals surface area contributed by atoms with Crippen molar-refractivity contribution in [2.24, 2.45) is 16.5 Å². The highest BCUT2D eigenvalue weighted by Crippen LogP contribution is 2.18. The molecule has 1 saturated heterocycles. The molecule has 2 rings (SSSR count). The number of amides is 2. The summed E-state index contributed by atoms with van der Waals surface area (Å²) in [5.41, 5.74) is 11.4. The largest absolute Gasteiger partial charge is 0.481 e. The Morgan fingerprint density at radius 3 is 2.80 bits per heavy atom. The van der Waals surface area contributed by atoms with Gasteiger partial charge in [0.25, 0.3) is 5.91 Å². The van der Waals surface area contributed by atoms with Crippen molar-refractivity contribution in [3.05, 3.63) is 29.8 Å². The molecule has 0 aromatic heterocycles. The highest BCUT2D eigenvalue weighted by molar-refractivity contribution is 5.98. The monoisotopic (exact) mass is 347 g/mol. The Bertz CT molecular complexity index is 714. The molecule has 9 heteroatoms. The number of nitrogens with two attached hydrogens (primary N) is 2. The summed E-state index contributed by atoms with van der Waals surface area (Å²) in [6.07, 6.45) is 0.301. The van der Waals surface area contributed by atoms with Gasteiger partial charge in [-0.05, 0) is 31.5 Å². The number of nitrogens with zero attached hydrogens (tertiary/aromatic N) is 2. The van der Waals surface area contributed by atoms with Crippen LogP contribution in [0, 0.1) is 0 Å². The number of aliphatic imine (C=N–C) groups is 1. The molecule has 1 aromatic rings. The Morgan fingerprint density at radius 1 is 1.44 bits per heavy atom. The van der Waals surface area contributed by atoms with Crippen LogP contribution in [-0.4, -0.2) is 52.4 Å². The van der Waals surface area contributed by atoms with Gasteiger partial charge in [0.1, 0.15) is 6.04 Å². The molecule has 0 saturated carbocycles. The van der Waals surface area contributed by atoms with Crippen molar-refractivity contribution in [2.75, 3.05) is 6.54 Å². The molecule has 1 fully saturated rings. The second-order valence-electron chi connectivity index (χ2n) is 5.88. The van der Waals surface area contributed by atoms with Crippen molar-refractivity contribution in [3.63, 3.8) is 0 Å². The molecule has 0 aliphatic carbocycles. The average molecular weight is 347 g/mol. The normalized spacial score (nSPS) is 17.9. The maximum absolute atomic E-state index is 12.4. The average Bonchev–Trinajstić information content (AvgIpc) is 2.87. The number of aliphatic carboxylic acids is 1. The van der Waals surface area contributed by atoms with E-state index in [9.17, 15) is 14.4 Å². The minimum absolute atomic E-state index is 0.119. The molecule has 0 radical (unpaired) electrons. The third kappa shape index (κ3) is 4.69. The van der Waals surface area contributed by atoms with Gasteiger partial charge in [0.15, 0.2) is 5.96 Å². The number of carbonyl (C=O) groups excluding carboxylic acids is 2. The molecule has 9 nitrogen and oxygen atoms in total. The van der Waals surface area contributed by atoms with E-state index in [0.29, 0.717) is 24.2 Å². The van der Waals surface area contributed by atoms with Crippen LogP contribution in [0.5, 0.6) is 0 Å². The van der Waals surface area contributed by atoms with E-state index >= 15 is 0 Å². The van der Waals surface area contributed by atoms with E-state index in [2.05, 4.69) is 10.3 Å². The van der Waals surface area contributed by atoms with Crippen LogP contribution in [0.2, 0.25) is 0 Å². The lowest BCUT2D eigenvalue weighted by atomic mass is 10.1. The highest BCUT2D eigenvalue weighted by atomic mass is 16.4. The van der Waals surface area contributed by atoms with Gasteiger partial charge in [-0.2, -0.15) is 0 Å². The summed E-state index contributed by atoms with van der Waals surface area (Å²) in [4.78, 5) is 40.9. The molecule has 6 N–H and O–H groups in total. The molecule has 1 heterocycles. The highest BCUT2D eigenvalue weighted by Gasteiger charge is 2.35. The number of carbonyl (C=O) groups is 3. The summed E-state index contributed by atoms with van der Waals surface area (Å²) < 4.78 is 0. The Hall–Kier alpha value is -3.10. The molecular formula is C16H21N5O4. The van der Waals surface area contributed by atoms with Crippen LogP contribution in [0.15, 0.2) is 29.3 Å². The van der Waals surface area contributed by atoms with Gasteiger partial charge in [-0.25, -0.2) is 4.99 Å². The molecule has 2 unspecified atom stereocenters. The summed E-state index contributed by atoms with van der Waals surface area (Å²) in [6.45, 7) is 2.08. The Morgan fingerprint density at radius 2 is 2.16 bits per heavy atom. The minimum Gasteiger partial charge on any atom is -0.481 e. The van der Waals surface area contributed by atoms with E-state index in [4.69, 9.17) is 16.6 Å². The minimum atomic E-state index is -0.968. The fourth-order valence-corrected chi connectivity index (χ4v) is 2.74. The Labute approximate surface area is 144 Å². The molecule has 134 valence electrons. The van der Waals surface area contributed by atoms with Crippen molar-refractivity contribution in [1.82, 2.24) is 10.2 Å². The van der Waals surface area contributed by atoms with E-state index in [-0.39, 0.29) is 18.3 Å². The first-order valence-electron chi connectivity index (χ1n) is 7.80. The zero-order chi connectivity index (χ0) is 18.6. The van der Waals surface area contributed by atoms with Crippen LogP contribution in [-0.2, 0) is 9.59 Å². The number of carboxylic acids is 1. The van der Waals surface area contributed by atoms with Crippen LogP contribution in [0.1, 0.15) is 30.1 Å². The molecule has 0 bridgehead atoms. The van der Waals surface area contributed by atoms with Gasteiger partial charge in [0, 0.05) is 18.2 Å². The van der Waals surface area contributed by atoms with E-state index in [1.165, 1.54) is 11.0 Å². The van der Waals surface area contributed by atoms with Gasteiger partial charge < -0.3 is 26.8 Å². The molecular weight excluding hydrogens is 326 g/mol. The van der Waals surface area contributed by atoms with Crippen molar-refractivity contribution in [1.29, 1.82) is 0 Å². The van der Waals surface area contributed by atoms with Crippen molar-refractivity contribution in [2.45, 2.75) is 31.8 Å². The predicted molar refractivity (Wildman–Crippen MR) is 91.2 cm³/mol. The third-order valence-corrected chi connectivity index (χ3v) is 3.91. The molecule has 1 aromatic carbocycles. The van der Waals surface area contributed by atoms with Crippen LogP contribution in [0.25, 0.3) is 0 Å². The van der Waals surface area contributed by atoms with Crippen LogP contribution < -0.4 is 16.8 Å². The van der Waals surface area contributed by atoms with Gasteiger partial charge in [-0.1, -0.05) is 6.07 Å². The number of nitrogens with one attached hydrogen (secondary N) is 1. The maximum atomic E-state index is 12.4. The fourth-order valence-electron chi connectivity index (χ4n) is 2.74. The first-order chi connectivity index (χ1) is 11.8. The number of carboxylic acid groups (broad SMARTS) is 1. The van der Waals surface area contributed by atoms with Crippen LogP contribution in [0.4, 0.5) is 5.69 Å². The lowest BCUT2D eigenvalue weighted by Gasteiger charge is -2.23. The zero-order valence-electron chi connectivity index (χ0n) is 13.8. The lowest BCUT2D eigenvalue weighted by molar-refractivity contribution is -0.139. The SMILES string of the molecule is CC(CC(=O)O)N1CCC(NC(=O)c2cccc(N=C(N)N)c2)C1=O. The molecule has 1 aliphatic heterocycles. The second-order valence-corrected chi connectivity index (χ2v) is 5.88. The van der Waals surface area contributed by atoms with Crippen molar-refractivity contribution in [3.8, 4) is 0 Å². The van der Waals surface area contributed by atoms with Crippen molar-refractivity contribution >= 4 is 29.4 Å². The molecule has 2 amide bonds. The molecule has 0 spiro atoms. The predicted octanol–water partition coefficient (Wildman–Crippen LogP) is -0.215. The van der Waals surface area contributed by atoms with Crippen molar-refractivity contribution < 1.29 is 19.5 Å². The van der Waals surface area contributed by atoms with Crippen LogP contribution in [0.3, 0.4) is 0 Å². The van der Waals surface area contributed by atoms with Gasteiger partial charge in [-0.3, -0.25) is 14.4 Å². The van der Waals surface area contributed by atoms with E-state index in [1.54, 1.807) is 25.1 Å². The first-order valence-corrected chi connectivity index (χ1v) is 7.80. The number of likely N-dealkylation sites (tertiary alicyclic amines) is 1. The quantitative estimate of drug-likeness (QED) is 0.413. The molecule has 25 heavy (non-hydrogen) atoms. The van der Waals surface area contributed by atoms with E-state index in [1.807, 2.05) is 0 Å². The maximum Gasteiger partial charge on any atom is 0.305 e. The topological polar surface area (TPSA) is 151 Å². The number of guanidine groups is 1. The van der Waals surface area contributed by atoms with E-state index < -0.39 is 24.0 Å². The number of hydrogen-bond acceptors (Lipinski definition) is 4. The Balaban J connectivity index is 2.03. The summed E-state index contributed by atoms with van der Waals surface area (Å²) in [5.74, 6) is -1.78. The Kier molecular flexibility index (Phi) is 5.58. The molecule has 2 atom stereocenters. The van der Waals surface area contributed by atoms with Crippen LogP contribution >= 0.6 is 0 Å². The summed E-state index contributed by atoms with van der Waals surface area (Å²) in [5, 5.41) is 11.5. The third-order valence-electron chi connectivity index (χ3n) is 3.91. The standard InChI is InChI=1S/C16H21N5O4/c1-9(7-13(22)23)21-6-5-12(15(21)25)20-14(24)10-3-2-4-11(8-10)19-16(17)18/h2-4,8-9,12H,5-7H2,1H3,(H,20,24)(H,22,23)(H4,17,18,19). The van der Waals surface area contributed by atoms with Gasteiger partial charge in [0.05, 0.1) is 12.1 Å². The smallest absolute Gasteiger partial charge is 0.305 e.